The van der Waals surface area contributed by atoms with Crippen LogP contribution in [0.1, 0.15) is 15.9 Å². The summed E-state index contributed by atoms with van der Waals surface area (Å²) in [6, 6.07) is 14.7. The van der Waals surface area contributed by atoms with Gasteiger partial charge in [0.15, 0.2) is 0 Å². The number of nitrogens with one attached hydrogen (secondary N) is 1. The minimum atomic E-state index is -0.276. The van der Waals surface area contributed by atoms with Crippen molar-refractivity contribution in [1.29, 1.82) is 0 Å². The van der Waals surface area contributed by atoms with Gasteiger partial charge in [0, 0.05) is 26.0 Å². The summed E-state index contributed by atoms with van der Waals surface area (Å²) >= 11 is 6.05. The molecule has 0 saturated heterocycles. The predicted octanol–water partition coefficient (Wildman–Crippen LogP) is 4.06. The van der Waals surface area contributed by atoms with Crippen LogP contribution in [0.3, 0.4) is 0 Å². The minimum Gasteiger partial charge on any atom is -0.373 e. The molecule has 0 fully saturated rings. The van der Waals surface area contributed by atoms with Crippen LogP contribution >= 0.6 is 11.6 Å². The van der Waals surface area contributed by atoms with Gasteiger partial charge in [-0.25, -0.2) is 4.98 Å². The van der Waals surface area contributed by atoms with Crippen molar-refractivity contribution >= 4 is 29.0 Å². The number of aromatic nitrogens is 2. The zero-order valence-corrected chi connectivity index (χ0v) is 15.1. The molecule has 1 amide bonds. The first-order valence-corrected chi connectivity index (χ1v) is 8.63. The summed E-state index contributed by atoms with van der Waals surface area (Å²) in [5, 5.41) is 3.18. The Labute approximate surface area is 157 Å². The predicted molar refractivity (Wildman–Crippen MR) is 105 cm³/mol. The van der Waals surface area contributed by atoms with E-state index in [4.69, 9.17) is 11.6 Å². The molecular weight excluding hydrogens is 348 g/mol. The Balaban J connectivity index is 1.59. The minimum absolute atomic E-state index is 0.276. The standard InChI is InChI=1S/C20H19ClN4O/c1-25(13-10-15-8-11-22-12-9-15)16-6-7-19(23-14-16)24-20(26)17-4-2-3-5-18(17)21/h2-9,11-12,14H,10,13H2,1H3,(H,23,24,26). The molecule has 0 aliphatic heterocycles. The number of carbonyl (C=O) groups is 1. The van der Waals surface area contributed by atoms with Crippen LogP contribution in [-0.4, -0.2) is 29.5 Å². The van der Waals surface area contributed by atoms with E-state index in [9.17, 15) is 4.79 Å². The van der Waals surface area contributed by atoms with E-state index in [-0.39, 0.29) is 5.91 Å². The van der Waals surface area contributed by atoms with Crippen LogP contribution in [0.4, 0.5) is 11.5 Å². The van der Waals surface area contributed by atoms with E-state index < -0.39 is 0 Å². The molecular formula is C20H19ClN4O. The summed E-state index contributed by atoms with van der Waals surface area (Å²) in [4.78, 5) is 22.7. The number of anilines is 2. The Bertz CT molecular complexity index is 868. The number of amides is 1. The molecule has 6 heteroatoms. The fourth-order valence-electron chi connectivity index (χ4n) is 2.49. The van der Waals surface area contributed by atoms with Crippen LogP contribution in [-0.2, 0) is 6.42 Å². The Hall–Kier alpha value is -2.92. The summed E-state index contributed by atoms with van der Waals surface area (Å²) in [5.41, 5.74) is 2.65. The molecule has 26 heavy (non-hydrogen) atoms. The van der Waals surface area contributed by atoms with Gasteiger partial charge in [-0.3, -0.25) is 9.78 Å². The smallest absolute Gasteiger partial charge is 0.258 e. The number of pyridine rings is 2. The number of halogens is 1. The maximum Gasteiger partial charge on any atom is 0.258 e. The average Bonchev–Trinajstić information content (AvgIpc) is 2.68. The van der Waals surface area contributed by atoms with Gasteiger partial charge in [-0.2, -0.15) is 0 Å². The molecule has 132 valence electrons. The molecule has 3 rings (SSSR count). The summed E-state index contributed by atoms with van der Waals surface area (Å²) < 4.78 is 0. The Morgan fingerprint density at radius 1 is 1.12 bits per heavy atom. The number of hydrogen-bond donors (Lipinski definition) is 1. The lowest BCUT2D eigenvalue weighted by molar-refractivity contribution is 0.102. The van der Waals surface area contributed by atoms with Gasteiger partial charge in [-0.05, 0) is 48.4 Å². The first-order valence-electron chi connectivity index (χ1n) is 8.25. The second kappa shape index (κ2) is 8.45. The molecule has 0 unspecified atom stereocenters. The lowest BCUT2D eigenvalue weighted by Crippen LogP contribution is -2.20. The molecule has 2 aromatic heterocycles. The van der Waals surface area contributed by atoms with Crippen molar-refractivity contribution in [2.75, 3.05) is 23.8 Å². The van der Waals surface area contributed by atoms with E-state index in [1.165, 1.54) is 5.56 Å². The number of benzene rings is 1. The molecule has 0 aliphatic carbocycles. The van der Waals surface area contributed by atoms with Gasteiger partial charge in [0.05, 0.1) is 22.5 Å². The monoisotopic (exact) mass is 366 g/mol. The maximum atomic E-state index is 12.3. The van der Waals surface area contributed by atoms with Gasteiger partial charge >= 0.3 is 0 Å². The molecule has 0 spiro atoms. The Morgan fingerprint density at radius 3 is 2.58 bits per heavy atom. The third-order valence-corrected chi connectivity index (χ3v) is 4.36. The van der Waals surface area contributed by atoms with Gasteiger partial charge in [-0.1, -0.05) is 23.7 Å². The van der Waals surface area contributed by atoms with E-state index in [0.29, 0.717) is 16.4 Å². The fourth-order valence-corrected chi connectivity index (χ4v) is 2.71. The number of nitrogens with zero attached hydrogens (tertiary/aromatic N) is 3. The fraction of sp³-hybridized carbons (Fsp3) is 0.150. The normalized spacial score (nSPS) is 10.4. The quantitative estimate of drug-likeness (QED) is 0.714. The Morgan fingerprint density at radius 2 is 1.88 bits per heavy atom. The highest BCUT2D eigenvalue weighted by molar-refractivity contribution is 6.34. The van der Waals surface area contributed by atoms with Crippen molar-refractivity contribution < 1.29 is 4.79 Å². The summed E-state index contributed by atoms with van der Waals surface area (Å²) in [7, 11) is 2.01. The molecule has 0 radical (unpaired) electrons. The highest BCUT2D eigenvalue weighted by Crippen LogP contribution is 2.18. The van der Waals surface area contributed by atoms with Gasteiger partial charge < -0.3 is 10.2 Å². The third-order valence-electron chi connectivity index (χ3n) is 4.03. The SMILES string of the molecule is CN(CCc1ccncc1)c1ccc(NC(=O)c2ccccc2Cl)nc1. The van der Waals surface area contributed by atoms with E-state index in [1.807, 2.05) is 25.2 Å². The molecule has 1 N–H and O–H groups in total. The van der Waals surface area contributed by atoms with Crippen molar-refractivity contribution in [3.8, 4) is 0 Å². The van der Waals surface area contributed by atoms with Crippen LogP contribution in [0, 0.1) is 0 Å². The first kappa shape index (κ1) is 17.9. The van der Waals surface area contributed by atoms with E-state index in [0.717, 1.165) is 18.7 Å². The van der Waals surface area contributed by atoms with Crippen LogP contribution in [0.2, 0.25) is 5.02 Å². The van der Waals surface area contributed by atoms with Crippen LogP contribution in [0.5, 0.6) is 0 Å². The largest absolute Gasteiger partial charge is 0.373 e. The van der Waals surface area contributed by atoms with Gasteiger partial charge in [0.1, 0.15) is 5.82 Å². The highest BCUT2D eigenvalue weighted by atomic mass is 35.5. The molecule has 0 saturated carbocycles. The third kappa shape index (κ3) is 4.58. The van der Waals surface area contributed by atoms with Crippen molar-refractivity contribution in [3.05, 3.63) is 83.3 Å². The van der Waals surface area contributed by atoms with Gasteiger partial charge in [0.2, 0.25) is 0 Å². The number of carbonyl (C=O) groups excluding carboxylic acids is 1. The molecule has 0 bridgehead atoms. The molecule has 5 nitrogen and oxygen atoms in total. The lowest BCUT2D eigenvalue weighted by atomic mass is 10.2. The zero-order valence-electron chi connectivity index (χ0n) is 14.4. The van der Waals surface area contributed by atoms with Crippen molar-refractivity contribution in [3.63, 3.8) is 0 Å². The van der Waals surface area contributed by atoms with Crippen molar-refractivity contribution in [2.24, 2.45) is 0 Å². The number of hydrogen-bond acceptors (Lipinski definition) is 4. The number of rotatable bonds is 6. The Kier molecular flexibility index (Phi) is 5.81. The first-order chi connectivity index (χ1) is 12.6. The van der Waals surface area contributed by atoms with E-state index >= 15 is 0 Å². The van der Waals surface area contributed by atoms with Gasteiger partial charge in [0.25, 0.3) is 5.91 Å². The summed E-state index contributed by atoms with van der Waals surface area (Å²) in [5.74, 6) is 0.211. The second-order valence-corrected chi connectivity index (χ2v) is 6.27. The second-order valence-electron chi connectivity index (χ2n) is 5.86. The summed E-state index contributed by atoms with van der Waals surface area (Å²) in [6.07, 6.45) is 6.26. The van der Waals surface area contributed by atoms with Crippen molar-refractivity contribution in [1.82, 2.24) is 9.97 Å². The van der Waals surface area contributed by atoms with Crippen LogP contribution in [0.25, 0.3) is 0 Å². The van der Waals surface area contributed by atoms with E-state index in [2.05, 4.69) is 20.2 Å². The molecule has 0 atom stereocenters. The average molecular weight is 367 g/mol. The molecule has 2 heterocycles. The summed E-state index contributed by atoms with van der Waals surface area (Å²) in [6.45, 7) is 0.858. The lowest BCUT2D eigenvalue weighted by Gasteiger charge is -2.19. The number of likely N-dealkylation sites (N-methyl/N-ethyl adjacent to an activating group) is 1. The topological polar surface area (TPSA) is 58.1 Å². The highest BCUT2D eigenvalue weighted by Gasteiger charge is 2.10. The maximum absolute atomic E-state index is 12.3. The molecule has 0 aliphatic rings. The van der Waals surface area contributed by atoms with E-state index in [1.54, 1.807) is 48.9 Å². The van der Waals surface area contributed by atoms with Crippen LogP contribution in [0.15, 0.2) is 67.1 Å². The van der Waals surface area contributed by atoms with Gasteiger partial charge in [-0.15, -0.1) is 0 Å². The van der Waals surface area contributed by atoms with Crippen molar-refractivity contribution in [2.45, 2.75) is 6.42 Å². The molecule has 3 aromatic rings. The van der Waals surface area contributed by atoms with Crippen LogP contribution < -0.4 is 10.2 Å². The zero-order chi connectivity index (χ0) is 18.4. The molecule has 1 aromatic carbocycles.